The van der Waals surface area contributed by atoms with Gasteiger partial charge in [-0.2, -0.15) is 0 Å². The summed E-state index contributed by atoms with van der Waals surface area (Å²) in [6.45, 7) is 7.50. The van der Waals surface area contributed by atoms with Gasteiger partial charge in [0.25, 0.3) is 0 Å². The van der Waals surface area contributed by atoms with Crippen LogP contribution in [0.25, 0.3) is 0 Å². The van der Waals surface area contributed by atoms with Crippen LogP contribution >= 0.6 is 27.5 Å². The van der Waals surface area contributed by atoms with E-state index in [0.29, 0.717) is 43.2 Å². The Bertz CT molecular complexity index is 816. The van der Waals surface area contributed by atoms with Gasteiger partial charge in [-0.3, -0.25) is 14.4 Å². The zero-order valence-corrected chi connectivity index (χ0v) is 19.3. The Balaban J connectivity index is 1.53. The van der Waals surface area contributed by atoms with Crippen LogP contribution in [0.3, 0.4) is 0 Å². The van der Waals surface area contributed by atoms with Gasteiger partial charge in [-0.05, 0) is 51.8 Å². The third-order valence-electron chi connectivity index (χ3n) is 5.65. The van der Waals surface area contributed by atoms with Gasteiger partial charge in [0.05, 0.1) is 16.6 Å². The zero-order chi connectivity index (χ0) is 21.3. The summed E-state index contributed by atoms with van der Waals surface area (Å²) in [7, 11) is 0. The van der Waals surface area contributed by atoms with Gasteiger partial charge in [-0.25, -0.2) is 0 Å². The number of benzene rings is 1. The molecule has 2 saturated heterocycles. The Morgan fingerprint density at radius 1 is 1.17 bits per heavy atom. The lowest BCUT2D eigenvalue weighted by Crippen LogP contribution is -2.46. The fourth-order valence-electron chi connectivity index (χ4n) is 3.97. The lowest BCUT2D eigenvalue weighted by molar-refractivity contribution is -0.138. The van der Waals surface area contributed by atoms with Crippen LogP contribution in [0, 0.1) is 11.8 Å². The predicted molar refractivity (Wildman–Crippen MR) is 117 cm³/mol. The van der Waals surface area contributed by atoms with Crippen molar-refractivity contribution in [2.45, 2.75) is 45.6 Å². The van der Waals surface area contributed by atoms with Crippen LogP contribution in [-0.2, 0) is 14.4 Å². The molecule has 1 aromatic carbocycles. The first kappa shape index (κ1) is 22.1. The van der Waals surface area contributed by atoms with Crippen LogP contribution < -0.4 is 5.32 Å². The number of halogens is 2. The number of carbonyl (C=O) groups is 3. The molecule has 1 unspecified atom stereocenters. The van der Waals surface area contributed by atoms with E-state index in [4.69, 9.17) is 11.6 Å². The Morgan fingerprint density at radius 2 is 1.83 bits per heavy atom. The van der Waals surface area contributed by atoms with E-state index in [9.17, 15) is 14.4 Å². The summed E-state index contributed by atoms with van der Waals surface area (Å²) in [5.74, 6) is -0.448. The van der Waals surface area contributed by atoms with E-state index < -0.39 is 0 Å². The molecule has 1 aromatic rings. The highest BCUT2D eigenvalue weighted by Crippen LogP contribution is 2.30. The minimum atomic E-state index is -0.284. The number of hydrogen-bond donors (Lipinski definition) is 1. The lowest BCUT2D eigenvalue weighted by Gasteiger charge is -2.34. The molecule has 1 atom stereocenters. The summed E-state index contributed by atoms with van der Waals surface area (Å²) >= 11 is 9.52. The number of nitrogens with one attached hydrogen (secondary N) is 1. The van der Waals surface area contributed by atoms with E-state index in [1.165, 1.54) is 0 Å². The van der Waals surface area contributed by atoms with Gasteiger partial charge in [0.1, 0.15) is 0 Å². The highest BCUT2D eigenvalue weighted by molar-refractivity contribution is 9.10. The number of likely N-dealkylation sites (tertiary alicyclic amines) is 2. The van der Waals surface area contributed by atoms with Crippen molar-refractivity contribution < 1.29 is 14.4 Å². The molecule has 8 heteroatoms. The molecular formula is C21H27BrClN3O3. The average molecular weight is 485 g/mol. The predicted octanol–water partition coefficient (Wildman–Crippen LogP) is 3.93. The SMILES string of the molecule is CC(C)(C)N1CC(C(=O)N2CCC(C(=O)Nc3ccc(Br)cc3Cl)CC2)CC1=O. The van der Waals surface area contributed by atoms with Crippen molar-refractivity contribution in [1.82, 2.24) is 9.80 Å². The first-order valence-electron chi connectivity index (χ1n) is 9.91. The smallest absolute Gasteiger partial charge is 0.227 e. The molecule has 2 heterocycles. The van der Waals surface area contributed by atoms with Crippen molar-refractivity contribution in [3.05, 3.63) is 27.7 Å². The molecule has 6 nitrogen and oxygen atoms in total. The third kappa shape index (κ3) is 5.12. The summed E-state index contributed by atoms with van der Waals surface area (Å²) in [6, 6.07) is 5.33. The molecule has 2 fully saturated rings. The van der Waals surface area contributed by atoms with Gasteiger partial charge < -0.3 is 15.1 Å². The van der Waals surface area contributed by atoms with Crippen molar-refractivity contribution >= 4 is 50.9 Å². The second-order valence-corrected chi connectivity index (χ2v) is 10.1. The van der Waals surface area contributed by atoms with Crippen LogP contribution in [0.15, 0.2) is 22.7 Å². The second kappa shape index (κ2) is 8.64. The number of carbonyl (C=O) groups excluding carboxylic acids is 3. The summed E-state index contributed by atoms with van der Waals surface area (Å²) in [6.07, 6.45) is 1.49. The Hall–Kier alpha value is -1.60. The molecule has 0 spiro atoms. The maximum Gasteiger partial charge on any atom is 0.227 e. The number of nitrogens with zero attached hydrogens (tertiary/aromatic N) is 2. The molecule has 0 radical (unpaired) electrons. The number of anilines is 1. The van der Waals surface area contributed by atoms with Gasteiger partial charge in [0.15, 0.2) is 0 Å². The maximum absolute atomic E-state index is 12.9. The van der Waals surface area contributed by atoms with E-state index in [1.54, 1.807) is 21.9 Å². The number of piperidine rings is 1. The van der Waals surface area contributed by atoms with E-state index in [2.05, 4.69) is 21.2 Å². The Labute approximate surface area is 185 Å². The van der Waals surface area contributed by atoms with Gasteiger partial charge in [0.2, 0.25) is 17.7 Å². The fraction of sp³-hybridized carbons (Fsp3) is 0.571. The highest BCUT2D eigenvalue weighted by atomic mass is 79.9. The van der Waals surface area contributed by atoms with Crippen molar-refractivity contribution in [1.29, 1.82) is 0 Å². The van der Waals surface area contributed by atoms with Crippen molar-refractivity contribution in [3.63, 3.8) is 0 Å². The van der Waals surface area contributed by atoms with E-state index in [1.807, 2.05) is 26.8 Å². The van der Waals surface area contributed by atoms with Crippen molar-refractivity contribution in [2.75, 3.05) is 25.0 Å². The third-order valence-corrected chi connectivity index (χ3v) is 6.46. The standard InChI is InChI=1S/C21H27BrClN3O3/c1-21(2,3)26-12-14(10-18(26)27)20(29)25-8-6-13(7-9-25)19(28)24-17-5-4-15(22)11-16(17)23/h4-5,11,13-14H,6-10,12H2,1-3H3,(H,24,28). The largest absolute Gasteiger partial charge is 0.342 e. The molecule has 0 saturated carbocycles. The fourth-order valence-corrected chi connectivity index (χ4v) is 4.69. The van der Waals surface area contributed by atoms with Crippen LogP contribution in [0.5, 0.6) is 0 Å². The van der Waals surface area contributed by atoms with Gasteiger partial charge in [0, 0.05) is 42.0 Å². The highest BCUT2D eigenvalue weighted by Gasteiger charge is 2.41. The molecule has 0 aromatic heterocycles. The number of hydrogen-bond acceptors (Lipinski definition) is 3. The molecule has 29 heavy (non-hydrogen) atoms. The van der Waals surface area contributed by atoms with Crippen LogP contribution in [-0.4, -0.2) is 52.7 Å². The van der Waals surface area contributed by atoms with Crippen molar-refractivity contribution in [2.24, 2.45) is 11.8 Å². The normalized spacial score (nSPS) is 20.9. The maximum atomic E-state index is 12.9. The van der Waals surface area contributed by atoms with E-state index >= 15 is 0 Å². The molecule has 1 N–H and O–H groups in total. The molecular weight excluding hydrogens is 458 g/mol. The summed E-state index contributed by atoms with van der Waals surface area (Å²) < 4.78 is 0.850. The molecule has 2 aliphatic heterocycles. The van der Waals surface area contributed by atoms with Crippen LogP contribution in [0.1, 0.15) is 40.0 Å². The monoisotopic (exact) mass is 483 g/mol. The second-order valence-electron chi connectivity index (χ2n) is 8.79. The minimum Gasteiger partial charge on any atom is -0.342 e. The number of amides is 3. The zero-order valence-electron chi connectivity index (χ0n) is 17.0. The lowest BCUT2D eigenvalue weighted by atomic mass is 9.94. The summed E-state index contributed by atoms with van der Waals surface area (Å²) in [4.78, 5) is 41.4. The molecule has 3 amide bonds. The molecule has 3 rings (SSSR count). The molecule has 2 aliphatic rings. The van der Waals surface area contributed by atoms with Crippen LogP contribution in [0.4, 0.5) is 5.69 Å². The van der Waals surface area contributed by atoms with E-state index in [-0.39, 0.29) is 41.5 Å². The minimum absolute atomic E-state index is 0.0277. The first-order chi connectivity index (χ1) is 13.6. The molecule has 158 valence electrons. The first-order valence-corrected chi connectivity index (χ1v) is 11.1. The Kier molecular flexibility index (Phi) is 6.58. The summed E-state index contributed by atoms with van der Waals surface area (Å²) in [5, 5.41) is 3.37. The molecule has 0 aliphatic carbocycles. The topological polar surface area (TPSA) is 69.7 Å². The van der Waals surface area contributed by atoms with E-state index in [0.717, 1.165) is 4.47 Å². The number of rotatable bonds is 3. The van der Waals surface area contributed by atoms with Crippen LogP contribution in [0.2, 0.25) is 5.02 Å². The van der Waals surface area contributed by atoms with Gasteiger partial charge in [-0.1, -0.05) is 27.5 Å². The van der Waals surface area contributed by atoms with Crippen molar-refractivity contribution in [3.8, 4) is 0 Å². The average Bonchev–Trinajstić information content (AvgIpc) is 3.05. The molecule has 0 bridgehead atoms. The van der Waals surface area contributed by atoms with Gasteiger partial charge >= 0.3 is 0 Å². The quantitative estimate of drug-likeness (QED) is 0.707. The van der Waals surface area contributed by atoms with Gasteiger partial charge in [-0.15, -0.1) is 0 Å². The Morgan fingerprint density at radius 3 is 2.38 bits per heavy atom. The summed E-state index contributed by atoms with van der Waals surface area (Å²) in [5.41, 5.74) is 0.316.